The molecule has 0 spiro atoms. The lowest BCUT2D eigenvalue weighted by Crippen LogP contribution is -2.27. The summed E-state index contributed by atoms with van der Waals surface area (Å²) in [6, 6.07) is 5.44. The van der Waals surface area contributed by atoms with Gasteiger partial charge in [-0.05, 0) is 24.6 Å². The number of carboxylic acids is 1. The maximum absolute atomic E-state index is 10.6. The maximum Gasteiger partial charge on any atom is 0.328 e. The fourth-order valence-corrected chi connectivity index (χ4v) is 2.09. The number of aliphatic carboxylic acids is 1. The Kier molecular flexibility index (Phi) is 6.39. The van der Waals surface area contributed by atoms with Gasteiger partial charge in [0.1, 0.15) is 0 Å². The van der Waals surface area contributed by atoms with Crippen LogP contribution >= 0.6 is 11.6 Å². The summed E-state index contributed by atoms with van der Waals surface area (Å²) < 4.78 is 5.08. The molecule has 0 unspecified atom stereocenters. The highest BCUT2D eigenvalue weighted by Gasteiger charge is 2.12. The Balaban J connectivity index is 3.11. The minimum Gasteiger partial charge on any atom is -0.478 e. The van der Waals surface area contributed by atoms with Crippen molar-refractivity contribution in [2.45, 2.75) is 6.92 Å². The SMILES string of the molecule is CCN(CCOC)c1c(Cl)cccc1/C=C/C(=O)O. The molecular formula is C14H18ClNO3. The molecule has 0 aliphatic rings. The number of ether oxygens (including phenoxy) is 1. The molecule has 0 amide bonds. The fraction of sp³-hybridized carbons (Fsp3) is 0.357. The molecular weight excluding hydrogens is 266 g/mol. The summed E-state index contributed by atoms with van der Waals surface area (Å²) in [6.07, 6.45) is 2.67. The predicted octanol–water partition coefficient (Wildman–Crippen LogP) is 2.91. The molecule has 0 atom stereocenters. The second-order valence-electron chi connectivity index (χ2n) is 3.92. The van der Waals surface area contributed by atoms with Crippen molar-refractivity contribution in [2.24, 2.45) is 0 Å². The van der Waals surface area contributed by atoms with Gasteiger partial charge in [0.2, 0.25) is 0 Å². The van der Waals surface area contributed by atoms with Gasteiger partial charge in [-0.2, -0.15) is 0 Å². The number of para-hydroxylation sites is 1. The highest BCUT2D eigenvalue weighted by Crippen LogP contribution is 2.30. The van der Waals surface area contributed by atoms with E-state index in [4.69, 9.17) is 21.4 Å². The van der Waals surface area contributed by atoms with Crippen LogP contribution in [0.1, 0.15) is 12.5 Å². The minimum absolute atomic E-state index is 0.584. The average molecular weight is 284 g/mol. The largest absolute Gasteiger partial charge is 0.478 e. The Morgan fingerprint density at radius 3 is 2.84 bits per heavy atom. The van der Waals surface area contributed by atoms with Crippen molar-refractivity contribution in [1.82, 2.24) is 0 Å². The van der Waals surface area contributed by atoms with Crippen molar-refractivity contribution >= 4 is 29.3 Å². The Labute approximate surface area is 118 Å². The van der Waals surface area contributed by atoms with Gasteiger partial charge in [-0.1, -0.05) is 23.7 Å². The highest BCUT2D eigenvalue weighted by molar-refractivity contribution is 6.33. The molecule has 1 aromatic carbocycles. The summed E-state index contributed by atoms with van der Waals surface area (Å²) in [5.41, 5.74) is 1.62. The van der Waals surface area contributed by atoms with E-state index in [0.29, 0.717) is 18.2 Å². The van der Waals surface area contributed by atoms with Crippen molar-refractivity contribution in [3.05, 3.63) is 34.9 Å². The predicted molar refractivity (Wildman–Crippen MR) is 77.9 cm³/mol. The number of hydrogen-bond donors (Lipinski definition) is 1. The molecule has 4 nitrogen and oxygen atoms in total. The molecule has 1 N–H and O–H groups in total. The molecule has 1 rings (SSSR count). The third-order valence-corrected chi connectivity index (χ3v) is 2.99. The number of rotatable bonds is 7. The van der Waals surface area contributed by atoms with Crippen LogP contribution in [-0.4, -0.2) is 37.9 Å². The van der Waals surface area contributed by atoms with E-state index < -0.39 is 5.97 Å². The normalized spacial score (nSPS) is 10.9. The van der Waals surface area contributed by atoms with Crippen LogP contribution in [0, 0.1) is 0 Å². The fourth-order valence-electron chi connectivity index (χ4n) is 1.79. The first kappa shape index (κ1) is 15.5. The van der Waals surface area contributed by atoms with E-state index >= 15 is 0 Å². The molecule has 0 fully saturated rings. The summed E-state index contributed by atoms with van der Waals surface area (Å²) in [4.78, 5) is 12.7. The first-order valence-electron chi connectivity index (χ1n) is 6.03. The molecule has 0 radical (unpaired) electrons. The summed E-state index contributed by atoms with van der Waals surface area (Å²) >= 11 is 6.23. The van der Waals surface area contributed by atoms with Gasteiger partial charge in [-0.15, -0.1) is 0 Å². The van der Waals surface area contributed by atoms with E-state index in [1.54, 1.807) is 25.3 Å². The zero-order chi connectivity index (χ0) is 14.3. The van der Waals surface area contributed by atoms with Gasteiger partial charge < -0.3 is 14.7 Å². The Morgan fingerprint density at radius 2 is 2.26 bits per heavy atom. The number of nitrogens with zero attached hydrogens (tertiary/aromatic N) is 1. The van der Waals surface area contributed by atoms with Gasteiger partial charge >= 0.3 is 5.97 Å². The molecule has 0 saturated heterocycles. The Bertz CT molecular complexity index is 460. The Morgan fingerprint density at radius 1 is 1.53 bits per heavy atom. The standard InChI is InChI=1S/C14H18ClNO3/c1-3-16(9-10-19-2)14-11(7-8-13(17)18)5-4-6-12(14)15/h4-8H,3,9-10H2,1-2H3,(H,17,18)/b8-7+. The summed E-state index contributed by atoms with van der Waals surface area (Å²) in [5.74, 6) is -0.981. The quantitative estimate of drug-likeness (QED) is 0.782. The number of hydrogen-bond acceptors (Lipinski definition) is 3. The van der Waals surface area contributed by atoms with E-state index in [1.165, 1.54) is 0 Å². The van der Waals surface area contributed by atoms with E-state index in [0.717, 1.165) is 23.9 Å². The number of methoxy groups -OCH3 is 1. The Hall–Kier alpha value is -1.52. The van der Waals surface area contributed by atoms with Crippen molar-refractivity contribution < 1.29 is 14.6 Å². The van der Waals surface area contributed by atoms with Gasteiger partial charge in [-0.25, -0.2) is 4.79 Å². The van der Waals surface area contributed by atoms with Crippen molar-refractivity contribution in [3.63, 3.8) is 0 Å². The minimum atomic E-state index is -0.981. The smallest absolute Gasteiger partial charge is 0.328 e. The highest BCUT2D eigenvalue weighted by atomic mass is 35.5. The first-order chi connectivity index (χ1) is 9.10. The molecule has 0 saturated carbocycles. The number of carbonyl (C=O) groups is 1. The number of anilines is 1. The van der Waals surface area contributed by atoms with Crippen molar-refractivity contribution in [1.29, 1.82) is 0 Å². The lowest BCUT2D eigenvalue weighted by Gasteiger charge is -2.25. The molecule has 0 aliphatic carbocycles. The number of likely N-dealkylation sites (N-methyl/N-ethyl adjacent to an activating group) is 1. The van der Waals surface area contributed by atoms with Gasteiger partial charge in [0, 0.05) is 26.3 Å². The van der Waals surface area contributed by atoms with Crippen LogP contribution in [-0.2, 0) is 9.53 Å². The van der Waals surface area contributed by atoms with Gasteiger partial charge in [0.25, 0.3) is 0 Å². The van der Waals surface area contributed by atoms with Crippen molar-refractivity contribution in [2.75, 3.05) is 31.7 Å². The van der Waals surface area contributed by atoms with Crippen LogP contribution < -0.4 is 4.90 Å². The average Bonchev–Trinajstić information content (AvgIpc) is 2.39. The first-order valence-corrected chi connectivity index (χ1v) is 6.41. The molecule has 19 heavy (non-hydrogen) atoms. The van der Waals surface area contributed by atoms with Crippen LogP contribution in [0.4, 0.5) is 5.69 Å². The van der Waals surface area contributed by atoms with Crippen LogP contribution in [0.15, 0.2) is 24.3 Å². The molecule has 0 aliphatic heterocycles. The van der Waals surface area contributed by atoms with E-state index in [-0.39, 0.29) is 0 Å². The lowest BCUT2D eigenvalue weighted by molar-refractivity contribution is -0.131. The van der Waals surface area contributed by atoms with Crippen molar-refractivity contribution in [3.8, 4) is 0 Å². The number of carboxylic acid groups (broad SMARTS) is 1. The second kappa shape index (κ2) is 7.81. The third-order valence-electron chi connectivity index (χ3n) is 2.69. The van der Waals surface area contributed by atoms with Gasteiger partial charge in [-0.3, -0.25) is 0 Å². The molecule has 1 aromatic rings. The molecule has 0 heterocycles. The zero-order valence-corrected chi connectivity index (χ0v) is 11.9. The maximum atomic E-state index is 10.6. The lowest BCUT2D eigenvalue weighted by atomic mass is 10.1. The zero-order valence-electron chi connectivity index (χ0n) is 11.1. The summed E-state index contributed by atoms with van der Waals surface area (Å²) in [7, 11) is 1.64. The summed E-state index contributed by atoms with van der Waals surface area (Å²) in [6.45, 7) is 4.07. The van der Waals surface area contributed by atoms with Gasteiger partial charge in [0.15, 0.2) is 0 Å². The number of halogens is 1. The topological polar surface area (TPSA) is 49.8 Å². The van der Waals surface area contributed by atoms with Crippen LogP contribution in [0.25, 0.3) is 6.08 Å². The monoisotopic (exact) mass is 283 g/mol. The molecule has 0 aromatic heterocycles. The number of benzene rings is 1. The molecule has 104 valence electrons. The molecule has 0 bridgehead atoms. The van der Waals surface area contributed by atoms with Gasteiger partial charge in [0.05, 0.1) is 17.3 Å². The molecule has 5 heteroatoms. The summed E-state index contributed by atoms with van der Waals surface area (Å²) in [5, 5.41) is 9.32. The third kappa shape index (κ3) is 4.58. The van der Waals surface area contributed by atoms with Crippen LogP contribution in [0.5, 0.6) is 0 Å². The van der Waals surface area contributed by atoms with E-state index in [2.05, 4.69) is 4.90 Å². The van der Waals surface area contributed by atoms with E-state index in [1.807, 2.05) is 13.0 Å². The van der Waals surface area contributed by atoms with E-state index in [9.17, 15) is 4.79 Å². The van der Waals surface area contributed by atoms with Crippen LogP contribution in [0.2, 0.25) is 5.02 Å². The second-order valence-corrected chi connectivity index (χ2v) is 4.33. The van der Waals surface area contributed by atoms with Crippen LogP contribution in [0.3, 0.4) is 0 Å².